The number of alkyl halides is 1. The van der Waals surface area contributed by atoms with Crippen molar-refractivity contribution in [3.63, 3.8) is 0 Å². The molecule has 0 spiro atoms. The molecule has 10 heavy (non-hydrogen) atoms. The first-order valence-electron chi connectivity index (χ1n) is 4.07. The highest BCUT2D eigenvalue weighted by molar-refractivity contribution is 6.18. The Labute approximate surface area is 68.9 Å². The maximum Gasteiger partial charge on any atom is 0.0266 e. The number of nitrogens with two attached hydrogens (primary N) is 1. The zero-order valence-corrected chi connectivity index (χ0v) is 7.69. The van der Waals surface area contributed by atoms with Crippen LogP contribution in [0.3, 0.4) is 0 Å². The topological polar surface area (TPSA) is 26.0 Å². The molecule has 0 bridgehead atoms. The molecular weight excluding hydrogens is 146 g/mol. The average molecular weight is 164 g/mol. The first-order chi connectivity index (χ1) is 4.76. The van der Waals surface area contributed by atoms with Crippen LogP contribution in [0.4, 0.5) is 0 Å². The van der Waals surface area contributed by atoms with E-state index in [4.69, 9.17) is 17.3 Å². The monoisotopic (exact) mass is 163 g/mol. The summed E-state index contributed by atoms with van der Waals surface area (Å²) in [4.78, 5) is 0. The number of halogens is 1. The molecule has 0 amide bonds. The molecule has 0 radical (unpaired) electrons. The largest absolute Gasteiger partial charge is 0.327 e. The fourth-order valence-corrected chi connectivity index (χ4v) is 1.54. The lowest BCUT2D eigenvalue weighted by molar-refractivity contribution is 0.421. The second-order valence-corrected chi connectivity index (χ2v) is 3.08. The lowest BCUT2D eigenvalue weighted by Crippen LogP contribution is -2.30. The van der Waals surface area contributed by atoms with Gasteiger partial charge in [-0.2, -0.15) is 0 Å². The second kappa shape index (κ2) is 5.99. The van der Waals surface area contributed by atoms with Gasteiger partial charge >= 0.3 is 0 Å². The van der Waals surface area contributed by atoms with Crippen molar-refractivity contribution in [3.05, 3.63) is 0 Å². The van der Waals surface area contributed by atoms with Gasteiger partial charge in [-0.05, 0) is 12.3 Å². The van der Waals surface area contributed by atoms with Crippen molar-refractivity contribution in [3.8, 4) is 0 Å². The lowest BCUT2D eigenvalue weighted by atomic mass is 9.96. The molecule has 1 nitrogen and oxygen atoms in total. The molecule has 0 saturated heterocycles. The van der Waals surface area contributed by atoms with Gasteiger partial charge in [-0.1, -0.05) is 26.7 Å². The van der Waals surface area contributed by atoms with Gasteiger partial charge in [0.05, 0.1) is 0 Å². The summed E-state index contributed by atoms with van der Waals surface area (Å²) in [6.45, 7) is 4.30. The summed E-state index contributed by atoms with van der Waals surface area (Å²) < 4.78 is 0. The molecule has 0 rings (SSSR count). The van der Waals surface area contributed by atoms with E-state index in [1.165, 1.54) is 0 Å². The van der Waals surface area contributed by atoms with Crippen LogP contribution in [-0.2, 0) is 0 Å². The molecule has 0 aliphatic carbocycles. The highest BCUT2D eigenvalue weighted by Gasteiger charge is 2.12. The van der Waals surface area contributed by atoms with Crippen LogP contribution in [0.15, 0.2) is 0 Å². The normalized spacial score (nSPS) is 16.8. The Kier molecular flexibility index (Phi) is 6.14. The summed E-state index contributed by atoms with van der Waals surface area (Å²) in [5.41, 5.74) is 5.87. The predicted molar refractivity (Wildman–Crippen MR) is 47.4 cm³/mol. The number of hydrogen-bond acceptors (Lipinski definition) is 1. The maximum atomic E-state index is 5.87. The van der Waals surface area contributed by atoms with E-state index in [-0.39, 0.29) is 0 Å². The lowest BCUT2D eigenvalue weighted by Gasteiger charge is -2.18. The highest BCUT2D eigenvalue weighted by atomic mass is 35.5. The third-order valence-corrected chi connectivity index (χ3v) is 2.35. The summed E-state index contributed by atoms with van der Waals surface area (Å²) >= 11 is 5.72. The summed E-state index contributed by atoms with van der Waals surface area (Å²) in [6.07, 6.45) is 3.37. The van der Waals surface area contributed by atoms with Crippen LogP contribution in [0.2, 0.25) is 0 Å². The molecule has 0 aliphatic heterocycles. The van der Waals surface area contributed by atoms with Crippen molar-refractivity contribution in [1.82, 2.24) is 0 Å². The van der Waals surface area contributed by atoms with Gasteiger partial charge in [0, 0.05) is 11.9 Å². The molecule has 2 atom stereocenters. The summed E-state index contributed by atoms with van der Waals surface area (Å²) in [7, 11) is 0. The summed E-state index contributed by atoms with van der Waals surface area (Å²) in [5, 5.41) is 0. The van der Waals surface area contributed by atoms with Crippen molar-refractivity contribution in [2.45, 2.75) is 39.2 Å². The molecule has 0 saturated carbocycles. The molecule has 0 aromatic carbocycles. The molecule has 0 unspecified atom stereocenters. The van der Waals surface area contributed by atoms with E-state index in [2.05, 4.69) is 13.8 Å². The molecule has 62 valence electrons. The van der Waals surface area contributed by atoms with Gasteiger partial charge in [-0.15, -0.1) is 11.6 Å². The fraction of sp³-hybridized carbons (Fsp3) is 1.00. The first-order valence-corrected chi connectivity index (χ1v) is 4.61. The van der Waals surface area contributed by atoms with Crippen LogP contribution >= 0.6 is 11.6 Å². The Morgan fingerprint density at radius 2 is 2.00 bits per heavy atom. The third kappa shape index (κ3) is 3.43. The molecular formula is C8H18ClN. The van der Waals surface area contributed by atoms with Crippen molar-refractivity contribution in [2.75, 3.05) is 5.88 Å². The molecule has 0 aliphatic rings. The van der Waals surface area contributed by atoms with Crippen LogP contribution in [0.1, 0.15) is 33.1 Å². The molecule has 0 aromatic heterocycles. The highest BCUT2D eigenvalue weighted by Crippen LogP contribution is 2.12. The molecule has 0 heterocycles. The third-order valence-electron chi connectivity index (χ3n) is 1.95. The zero-order chi connectivity index (χ0) is 7.98. The van der Waals surface area contributed by atoms with E-state index in [0.29, 0.717) is 17.8 Å². The van der Waals surface area contributed by atoms with E-state index in [1.807, 2.05) is 0 Å². The van der Waals surface area contributed by atoms with Crippen LogP contribution in [0.25, 0.3) is 0 Å². The van der Waals surface area contributed by atoms with E-state index in [1.54, 1.807) is 0 Å². The van der Waals surface area contributed by atoms with Gasteiger partial charge in [0.25, 0.3) is 0 Å². The van der Waals surface area contributed by atoms with E-state index >= 15 is 0 Å². The van der Waals surface area contributed by atoms with Gasteiger partial charge in [0.2, 0.25) is 0 Å². The fourth-order valence-electron chi connectivity index (χ4n) is 1.10. The molecule has 0 aromatic rings. The van der Waals surface area contributed by atoms with Gasteiger partial charge in [0.1, 0.15) is 0 Å². The smallest absolute Gasteiger partial charge is 0.0266 e. The van der Waals surface area contributed by atoms with Crippen LogP contribution < -0.4 is 5.73 Å². The number of hydrogen-bond donors (Lipinski definition) is 1. The Morgan fingerprint density at radius 3 is 2.30 bits per heavy atom. The maximum absolute atomic E-state index is 5.87. The molecule has 2 N–H and O–H groups in total. The average Bonchev–Trinajstić information content (AvgIpc) is 1.91. The minimum absolute atomic E-state index is 0.312. The zero-order valence-electron chi connectivity index (χ0n) is 6.94. The summed E-state index contributed by atoms with van der Waals surface area (Å²) in [5.74, 6) is 1.22. The SMILES string of the molecule is CCC[C@@H](N)[C@H](CC)CCl. The van der Waals surface area contributed by atoms with Crippen molar-refractivity contribution >= 4 is 11.6 Å². The Balaban J connectivity index is 3.53. The van der Waals surface area contributed by atoms with Crippen molar-refractivity contribution in [1.29, 1.82) is 0 Å². The van der Waals surface area contributed by atoms with Crippen molar-refractivity contribution in [2.24, 2.45) is 11.7 Å². The van der Waals surface area contributed by atoms with Gasteiger partial charge in [0.15, 0.2) is 0 Å². The number of rotatable bonds is 5. The standard InChI is InChI=1S/C8H18ClN/c1-3-5-8(10)7(4-2)6-9/h7-8H,3-6,10H2,1-2H3/t7-,8-/m1/s1. The first kappa shape index (κ1) is 10.2. The van der Waals surface area contributed by atoms with Crippen LogP contribution in [0.5, 0.6) is 0 Å². The summed E-state index contributed by atoms with van der Waals surface area (Å²) in [6, 6.07) is 0.312. The Hall–Kier alpha value is 0.250. The van der Waals surface area contributed by atoms with E-state index < -0.39 is 0 Å². The van der Waals surface area contributed by atoms with Gasteiger partial charge < -0.3 is 5.73 Å². The van der Waals surface area contributed by atoms with E-state index in [9.17, 15) is 0 Å². The van der Waals surface area contributed by atoms with Crippen LogP contribution in [0, 0.1) is 5.92 Å². The molecule has 0 fully saturated rings. The second-order valence-electron chi connectivity index (χ2n) is 2.78. The van der Waals surface area contributed by atoms with E-state index in [0.717, 1.165) is 19.3 Å². The van der Waals surface area contributed by atoms with Crippen LogP contribution in [-0.4, -0.2) is 11.9 Å². The van der Waals surface area contributed by atoms with Gasteiger partial charge in [-0.3, -0.25) is 0 Å². The van der Waals surface area contributed by atoms with Gasteiger partial charge in [-0.25, -0.2) is 0 Å². The Bertz CT molecular complexity index is 71.7. The Morgan fingerprint density at radius 1 is 1.40 bits per heavy atom. The minimum Gasteiger partial charge on any atom is -0.327 e. The van der Waals surface area contributed by atoms with Crippen molar-refractivity contribution < 1.29 is 0 Å². The predicted octanol–water partition coefficient (Wildman–Crippen LogP) is 2.38. The molecule has 2 heteroatoms. The quantitative estimate of drug-likeness (QED) is 0.619. The minimum atomic E-state index is 0.312.